The number of likely N-dealkylation sites (tertiary alicyclic amines) is 1. The average Bonchev–Trinajstić information content (AvgIpc) is 3.26. The molecule has 8 nitrogen and oxygen atoms in total. The summed E-state index contributed by atoms with van der Waals surface area (Å²) in [5.41, 5.74) is 5.24. The molecule has 2 aliphatic rings. The molecule has 1 N–H and O–H groups in total. The summed E-state index contributed by atoms with van der Waals surface area (Å²) in [5, 5.41) is 9.35. The minimum absolute atomic E-state index is 0.138. The molecule has 2 aliphatic heterocycles. The highest BCUT2D eigenvalue weighted by Gasteiger charge is 2.40. The van der Waals surface area contributed by atoms with E-state index in [0.29, 0.717) is 19.7 Å². The highest BCUT2D eigenvalue weighted by atomic mass is 16.5. The van der Waals surface area contributed by atoms with Crippen LogP contribution < -0.4 is 5.32 Å². The Kier molecular flexibility index (Phi) is 8.76. The normalized spacial score (nSPS) is 16.8. The van der Waals surface area contributed by atoms with Gasteiger partial charge in [0, 0.05) is 42.9 Å². The zero-order chi connectivity index (χ0) is 28.3. The van der Waals surface area contributed by atoms with E-state index in [-0.39, 0.29) is 17.6 Å². The van der Waals surface area contributed by atoms with Gasteiger partial charge < -0.3 is 14.8 Å². The molecule has 0 radical (unpaired) electrons. The largest absolute Gasteiger partial charge is 0.465 e. The van der Waals surface area contributed by atoms with Gasteiger partial charge in [0.2, 0.25) is 0 Å². The molecule has 3 aromatic rings. The number of ether oxygens (including phenoxy) is 2. The van der Waals surface area contributed by atoms with E-state index in [0.717, 1.165) is 73.2 Å². The number of nitrogens with one attached hydrogen (secondary N) is 1. The zero-order valence-corrected chi connectivity index (χ0v) is 24.8. The molecule has 0 amide bonds. The fourth-order valence-corrected chi connectivity index (χ4v) is 5.87. The topological polar surface area (TPSA) is 81.5 Å². The smallest absolute Gasteiger partial charge is 0.328 e. The molecule has 1 aromatic carbocycles. The standard InChI is InChI=1S/C32H45N5O3/c1-6-39-31(38)29(27-15-10-14-26-22(2)35-37(28(26)27)32(3,4)5)36-20-25(21-36)40-19-9-7-8-13-24-17-16-23-12-11-18-33-30(23)34-24/h10,14-17,25,29H,6-9,11-13,18-21H2,1-5H3,(H,33,34). The number of carbonyl (C=O) groups excluding carboxylic acids is 1. The van der Waals surface area contributed by atoms with Crippen molar-refractivity contribution in [1.82, 2.24) is 19.7 Å². The van der Waals surface area contributed by atoms with Crippen LogP contribution in [0.1, 0.15) is 81.9 Å². The molecule has 5 rings (SSSR count). The number of para-hydroxylation sites is 1. The van der Waals surface area contributed by atoms with Crippen LogP contribution in [-0.4, -0.2) is 64.6 Å². The molecule has 1 atom stereocenters. The van der Waals surface area contributed by atoms with Crippen molar-refractivity contribution in [2.24, 2.45) is 0 Å². The first-order valence-electron chi connectivity index (χ1n) is 15.0. The fourth-order valence-electron chi connectivity index (χ4n) is 5.87. The summed E-state index contributed by atoms with van der Waals surface area (Å²) >= 11 is 0. The molecule has 4 heterocycles. The highest BCUT2D eigenvalue weighted by Crippen LogP contribution is 2.36. The summed E-state index contributed by atoms with van der Waals surface area (Å²) in [4.78, 5) is 20.3. The lowest BCUT2D eigenvalue weighted by Gasteiger charge is -2.43. The van der Waals surface area contributed by atoms with Gasteiger partial charge in [-0.15, -0.1) is 0 Å². The Balaban J connectivity index is 1.15. The number of anilines is 1. The van der Waals surface area contributed by atoms with Crippen molar-refractivity contribution in [3.05, 3.63) is 52.8 Å². The van der Waals surface area contributed by atoms with Crippen LogP contribution in [0.25, 0.3) is 10.9 Å². The number of esters is 1. The first kappa shape index (κ1) is 28.6. The van der Waals surface area contributed by atoms with Gasteiger partial charge in [-0.25, -0.2) is 9.78 Å². The first-order valence-corrected chi connectivity index (χ1v) is 15.0. The number of nitrogens with zero attached hydrogens (tertiary/aromatic N) is 4. The molecule has 2 aromatic heterocycles. The highest BCUT2D eigenvalue weighted by molar-refractivity contribution is 5.90. The number of rotatable bonds is 11. The second kappa shape index (κ2) is 12.3. The van der Waals surface area contributed by atoms with Crippen molar-refractivity contribution in [1.29, 1.82) is 0 Å². The van der Waals surface area contributed by atoms with E-state index in [1.807, 2.05) is 19.9 Å². The number of benzene rings is 1. The second-order valence-corrected chi connectivity index (χ2v) is 12.2. The minimum atomic E-state index is -0.473. The third kappa shape index (κ3) is 6.18. The summed E-state index contributed by atoms with van der Waals surface area (Å²) in [7, 11) is 0. The number of hydrogen-bond acceptors (Lipinski definition) is 7. The fraction of sp³-hybridized carbons (Fsp3) is 0.594. The number of aryl methyl sites for hydroxylation is 3. The summed E-state index contributed by atoms with van der Waals surface area (Å²) in [6.45, 7) is 13.9. The maximum Gasteiger partial charge on any atom is 0.328 e. The molecule has 216 valence electrons. The maximum atomic E-state index is 13.3. The number of aromatic nitrogens is 3. The Morgan fingerprint density at radius 2 is 1.98 bits per heavy atom. The minimum Gasteiger partial charge on any atom is -0.465 e. The Morgan fingerprint density at radius 1 is 1.15 bits per heavy atom. The van der Waals surface area contributed by atoms with E-state index in [9.17, 15) is 4.79 Å². The zero-order valence-electron chi connectivity index (χ0n) is 24.8. The van der Waals surface area contributed by atoms with Crippen molar-refractivity contribution < 1.29 is 14.3 Å². The lowest BCUT2D eigenvalue weighted by Crippen LogP contribution is -2.55. The van der Waals surface area contributed by atoms with Crippen LogP contribution in [0.5, 0.6) is 0 Å². The lowest BCUT2D eigenvalue weighted by atomic mass is 9.97. The van der Waals surface area contributed by atoms with E-state index in [2.05, 4.69) is 59.9 Å². The van der Waals surface area contributed by atoms with Crippen molar-refractivity contribution >= 4 is 22.7 Å². The molecule has 0 saturated carbocycles. The molecule has 0 spiro atoms. The second-order valence-electron chi connectivity index (χ2n) is 12.2. The van der Waals surface area contributed by atoms with E-state index in [1.165, 1.54) is 17.7 Å². The number of hydrogen-bond donors (Lipinski definition) is 1. The third-order valence-electron chi connectivity index (χ3n) is 7.98. The summed E-state index contributed by atoms with van der Waals surface area (Å²) in [6.07, 6.45) is 6.72. The average molecular weight is 548 g/mol. The molecule has 8 heteroatoms. The van der Waals surface area contributed by atoms with E-state index in [1.54, 1.807) is 0 Å². The molecule has 0 aliphatic carbocycles. The van der Waals surface area contributed by atoms with E-state index < -0.39 is 6.04 Å². The van der Waals surface area contributed by atoms with Gasteiger partial charge >= 0.3 is 5.97 Å². The number of pyridine rings is 1. The molecule has 1 unspecified atom stereocenters. The third-order valence-corrected chi connectivity index (χ3v) is 7.98. The van der Waals surface area contributed by atoms with Gasteiger partial charge in [0.1, 0.15) is 11.9 Å². The Labute approximate surface area is 238 Å². The van der Waals surface area contributed by atoms with E-state index in [4.69, 9.17) is 19.6 Å². The van der Waals surface area contributed by atoms with Crippen molar-refractivity contribution in [3.63, 3.8) is 0 Å². The van der Waals surface area contributed by atoms with Crippen molar-refractivity contribution in [2.75, 3.05) is 38.2 Å². The van der Waals surface area contributed by atoms with Crippen LogP contribution in [0.2, 0.25) is 0 Å². The van der Waals surface area contributed by atoms with Crippen molar-refractivity contribution in [2.45, 2.75) is 90.8 Å². The predicted molar refractivity (Wildman–Crippen MR) is 159 cm³/mol. The van der Waals surface area contributed by atoms with Gasteiger partial charge in [-0.1, -0.05) is 30.7 Å². The van der Waals surface area contributed by atoms with Crippen LogP contribution in [0, 0.1) is 6.92 Å². The monoisotopic (exact) mass is 547 g/mol. The SMILES string of the molecule is CCOC(=O)C(c1cccc2c(C)nn(C(C)(C)C)c12)N1CC(OCCCCCc2ccc3c(n2)NCCC3)C1. The van der Waals surface area contributed by atoms with Gasteiger partial charge in [0.25, 0.3) is 0 Å². The van der Waals surface area contributed by atoms with Gasteiger partial charge in [0.15, 0.2) is 0 Å². The number of fused-ring (bicyclic) bond motifs is 2. The maximum absolute atomic E-state index is 13.3. The Morgan fingerprint density at radius 3 is 2.75 bits per heavy atom. The molecular formula is C32H45N5O3. The van der Waals surface area contributed by atoms with Crippen molar-refractivity contribution in [3.8, 4) is 0 Å². The first-order chi connectivity index (χ1) is 19.3. The van der Waals surface area contributed by atoms with Crippen LogP contribution in [0.3, 0.4) is 0 Å². The van der Waals surface area contributed by atoms with Crippen LogP contribution in [0.4, 0.5) is 5.82 Å². The Hall–Kier alpha value is -2.97. The van der Waals surface area contributed by atoms with E-state index >= 15 is 0 Å². The van der Waals surface area contributed by atoms with Gasteiger partial charge in [-0.3, -0.25) is 9.58 Å². The lowest BCUT2D eigenvalue weighted by molar-refractivity contribution is -0.156. The van der Waals surface area contributed by atoms with Gasteiger partial charge in [-0.2, -0.15) is 5.10 Å². The number of carbonyl (C=O) groups is 1. The summed E-state index contributed by atoms with van der Waals surface area (Å²) in [5.74, 6) is 0.871. The van der Waals surface area contributed by atoms with Gasteiger partial charge in [0.05, 0.1) is 29.5 Å². The van der Waals surface area contributed by atoms with Gasteiger partial charge in [-0.05, 0) is 78.4 Å². The molecular weight excluding hydrogens is 502 g/mol. The van der Waals surface area contributed by atoms with Crippen LogP contribution >= 0.6 is 0 Å². The number of unbranched alkanes of at least 4 members (excludes halogenated alkanes) is 2. The summed E-state index contributed by atoms with van der Waals surface area (Å²) < 4.78 is 13.8. The molecule has 0 bridgehead atoms. The molecule has 40 heavy (non-hydrogen) atoms. The Bertz CT molecular complexity index is 1320. The van der Waals surface area contributed by atoms with Crippen LogP contribution in [0.15, 0.2) is 30.3 Å². The predicted octanol–water partition coefficient (Wildman–Crippen LogP) is 5.57. The quantitative estimate of drug-likeness (QED) is 0.248. The molecule has 1 fully saturated rings. The molecule has 1 saturated heterocycles. The van der Waals surface area contributed by atoms with Crippen LogP contribution in [-0.2, 0) is 32.6 Å². The summed E-state index contributed by atoms with van der Waals surface area (Å²) in [6, 6.07) is 10.1.